The number of hydrogen-bond donors (Lipinski definition) is 1. The van der Waals surface area contributed by atoms with E-state index in [0.717, 1.165) is 27.3 Å². The van der Waals surface area contributed by atoms with Crippen LogP contribution >= 0.6 is 11.3 Å². The lowest BCUT2D eigenvalue weighted by Gasteiger charge is -2.11. The monoisotopic (exact) mass is 414 g/mol. The summed E-state index contributed by atoms with van der Waals surface area (Å²) in [7, 11) is 0. The van der Waals surface area contributed by atoms with Gasteiger partial charge in [-0.15, -0.1) is 0 Å². The lowest BCUT2D eigenvalue weighted by Crippen LogP contribution is -2.14. The van der Waals surface area contributed by atoms with Crippen molar-refractivity contribution in [1.82, 2.24) is 14.4 Å². The van der Waals surface area contributed by atoms with E-state index in [4.69, 9.17) is 4.74 Å². The molecule has 0 fully saturated rings. The largest absolute Gasteiger partial charge is 0.485 e. The first-order valence-corrected chi connectivity index (χ1v) is 10.3. The van der Waals surface area contributed by atoms with E-state index in [1.165, 1.54) is 11.3 Å². The Kier molecular flexibility index (Phi) is 4.65. The van der Waals surface area contributed by atoms with Crippen LogP contribution in [-0.2, 0) is 6.61 Å². The number of amides is 1. The summed E-state index contributed by atoms with van der Waals surface area (Å²) in [5.41, 5.74) is 3.80. The number of ether oxygens (including phenoxy) is 1. The third-order valence-corrected chi connectivity index (χ3v) is 5.97. The summed E-state index contributed by atoms with van der Waals surface area (Å²) in [6.45, 7) is 2.32. The van der Waals surface area contributed by atoms with E-state index in [9.17, 15) is 4.79 Å². The zero-order valence-corrected chi connectivity index (χ0v) is 17.0. The Bertz CT molecular complexity index is 1360. The van der Waals surface area contributed by atoms with Crippen LogP contribution in [0.1, 0.15) is 20.9 Å². The molecule has 2 aromatic carbocycles. The average Bonchev–Trinajstić information content (AvgIpc) is 3.30. The Balaban J connectivity index is 1.41. The second kappa shape index (κ2) is 7.61. The van der Waals surface area contributed by atoms with Gasteiger partial charge in [0.2, 0.25) is 0 Å². The van der Waals surface area contributed by atoms with Crippen molar-refractivity contribution in [3.05, 3.63) is 89.1 Å². The molecule has 0 bridgehead atoms. The summed E-state index contributed by atoms with van der Waals surface area (Å²) < 4.78 is 7.91. The van der Waals surface area contributed by atoms with E-state index in [1.54, 1.807) is 18.3 Å². The molecule has 5 aromatic rings. The van der Waals surface area contributed by atoms with Crippen LogP contribution in [0.4, 0.5) is 5.82 Å². The van der Waals surface area contributed by atoms with Gasteiger partial charge in [0.1, 0.15) is 11.5 Å². The molecule has 1 amide bonds. The summed E-state index contributed by atoms with van der Waals surface area (Å²) in [5, 5.41) is 2.90. The van der Waals surface area contributed by atoms with Crippen molar-refractivity contribution in [1.29, 1.82) is 0 Å². The minimum atomic E-state index is -0.227. The van der Waals surface area contributed by atoms with Gasteiger partial charge < -0.3 is 10.1 Å². The van der Waals surface area contributed by atoms with Crippen LogP contribution in [0, 0.1) is 6.92 Å². The Morgan fingerprint density at radius 2 is 1.87 bits per heavy atom. The number of thiazole rings is 1. The number of anilines is 1. The number of nitrogens with one attached hydrogen (secondary N) is 1. The number of fused-ring (bicyclic) bond motifs is 3. The molecule has 1 N–H and O–H groups in total. The van der Waals surface area contributed by atoms with Crippen molar-refractivity contribution in [3.63, 3.8) is 0 Å². The van der Waals surface area contributed by atoms with Crippen molar-refractivity contribution >= 4 is 39.1 Å². The molecule has 0 aliphatic carbocycles. The number of benzene rings is 2. The molecule has 0 spiro atoms. The maximum atomic E-state index is 13.0. The molecule has 5 rings (SSSR count). The smallest absolute Gasteiger partial charge is 0.268 e. The van der Waals surface area contributed by atoms with E-state index in [1.807, 2.05) is 65.9 Å². The van der Waals surface area contributed by atoms with Crippen LogP contribution in [0.2, 0.25) is 0 Å². The zero-order chi connectivity index (χ0) is 20.5. The fourth-order valence-corrected chi connectivity index (χ4v) is 4.41. The van der Waals surface area contributed by atoms with Crippen LogP contribution in [0.3, 0.4) is 0 Å². The SMILES string of the molecule is Cc1c(C(=O)Nc2ncccc2OCc2ccccc2)sc2nc3ccccc3n12. The summed E-state index contributed by atoms with van der Waals surface area (Å²) >= 11 is 1.36. The normalized spacial score (nSPS) is 11.1. The minimum absolute atomic E-state index is 0.227. The van der Waals surface area contributed by atoms with Crippen LogP contribution in [-0.4, -0.2) is 20.3 Å². The number of imidazole rings is 1. The summed E-state index contributed by atoms with van der Waals surface area (Å²) in [4.78, 5) is 23.4. The molecule has 3 aromatic heterocycles. The number of carbonyl (C=O) groups is 1. The summed E-state index contributed by atoms with van der Waals surface area (Å²) in [5.74, 6) is 0.697. The predicted molar refractivity (Wildman–Crippen MR) is 118 cm³/mol. The second-order valence-corrected chi connectivity index (χ2v) is 7.79. The maximum Gasteiger partial charge on any atom is 0.268 e. The van der Waals surface area contributed by atoms with E-state index < -0.39 is 0 Å². The second-order valence-electron chi connectivity index (χ2n) is 6.81. The van der Waals surface area contributed by atoms with Crippen molar-refractivity contribution in [2.45, 2.75) is 13.5 Å². The molecule has 7 heteroatoms. The van der Waals surface area contributed by atoms with Crippen molar-refractivity contribution in [2.24, 2.45) is 0 Å². The first-order chi connectivity index (χ1) is 14.7. The highest BCUT2D eigenvalue weighted by Crippen LogP contribution is 2.29. The van der Waals surface area contributed by atoms with Gasteiger partial charge in [-0.1, -0.05) is 53.8 Å². The number of aromatic nitrogens is 3. The van der Waals surface area contributed by atoms with Gasteiger partial charge in [0.15, 0.2) is 16.5 Å². The zero-order valence-electron chi connectivity index (χ0n) is 16.2. The fraction of sp³-hybridized carbons (Fsp3) is 0.0870. The Morgan fingerprint density at radius 3 is 2.73 bits per heavy atom. The quantitative estimate of drug-likeness (QED) is 0.435. The number of carbonyl (C=O) groups excluding carboxylic acids is 1. The predicted octanol–water partition coefficient (Wildman–Crippen LogP) is 5.08. The molecular weight excluding hydrogens is 396 g/mol. The van der Waals surface area contributed by atoms with Crippen molar-refractivity contribution in [3.8, 4) is 5.75 Å². The Labute approximate surface area is 176 Å². The van der Waals surface area contributed by atoms with E-state index in [0.29, 0.717) is 23.1 Å². The average molecular weight is 414 g/mol. The van der Waals surface area contributed by atoms with E-state index in [-0.39, 0.29) is 5.91 Å². The van der Waals surface area contributed by atoms with Gasteiger partial charge >= 0.3 is 0 Å². The highest BCUT2D eigenvalue weighted by atomic mass is 32.1. The van der Waals surface area contributed by atoms with Crippen LogP contribution in [0.25, 0.3) is 16.0 Å². The molecule has 0 unspecified atom stereocenters. The Morgan fingerprint density at radius 1 is 1.07 bits per heavy atom. The number of nitrogens with zero attached hydrogens (tertiary/aromatic N) is 3. The number of pyridine rings is 1. The highest BCUT2D eigenvalue weighted by molar-refractivity contribution is 7.19. The maximum absolute atomic E-state index is 13.0. The molecule has 0 aliphatic rings. The van der Waals surface area contributed by atoms with Gasteiger partial charge in [-0.2, -0.15) is 0 Å². The third kappa shape index (κ3) is 3.29. The van der Waals surface area contributed by atoms with Gasteiger partial charge in [0, 0.05) is 11.9 Å². The number of para-hydroxylation sites is 2. The Hall–Kier alpha value is -3.71. The molecule has 0 aliphatic heterocycles. The van der Waals surface area contributed by atoms with Gasteiger partial charge in [-0.3, -0.25) is 9.20 Å². The lowest BCUT2D eigenvalue weighted by molar-refractivity contribution is 0.102. The first kappa shape index (κ1) is 18.3. The van der Waals surface area contributed by atoms with E-state index in [2.05, 4.69) is 15.3 Å². The van der Waals surface area contributed by atoms with Gasteiger partial charge in [0.25, 0.3) is 5.91 Å². The highest BCUT2D eigenvalue weighted by Gasteiger charge is 2.20. The first-order valence-electron chi connectivity index (χ1n) is 9.50. The van der Waals surface area contributed by atoms with Gasteiger partial charge in [-0.25, -0.2) is 9.97 Å². The number of aryl methyl sites for hydroxylation is 1. The van der Waals surface area contributed by atoms with Crippen LogP contribution in [0.15, 0.2) is 72.9 Å². The third-order valence-electron chi connectivity index (χ3n) is 4.83. The van der Waals surface area contributed by atoms with Crippen molar-refractivity contribution < 1.29 is 9.53 Å². The molecule has 148 valence electrons. The molecule has 0 radical (unpaired) electrons. The summed E-state index contributed by atoms with van der Waals surface area (Å²) in [6.07, 6.45) is 1.63. The minimum Gasteiger partial charge on any atom is -0.485 e. The van der Waals surface area contributed by atoms with Crippen LogP contribution < -0.4 is 10.1 Å². The molecular formula is C23H18N4O2S. The molecule has 0 saturated carbocycles. The van der Waals surface area contributed by atoms with Gasteiger partial charge in [0.05, 0.1) is 11.0 Å². The fourth-order valence-electron chi connectivity index (χ4n) is 3.37. The topological polar surface area (TPSA) is 68.5 Å². The van der Waals surface area contributed by atoms with E-state index >= 15 is 0 Å². The number of rotatable bonds is 5. The molecule has 6 nitrogen and oxygen atoms in total. The van der Waals surface area contributed by atoms with Crippen LogP contribution in [0.5, 0.6) is 5.75 Å². The molecule has 0 saturated heterocycles. The molecule has 3 heterocycles. The lowest BCUT2D eigenvalue weighted by atomic mass is 10.2. The van der Waals surface area contributed by atoms with Crippen molar-refractivity contribution in [2.75, 3.05) is 5.32 Å². The molecule has 0 atom stereocenters. The molecule has 30 heavy (non-hydrogen) atoms. The standard InChI is InChI=1S/C23H18N4O2S/c1-15-20(30-23-25-17-10-5-6-11-18(17)27(15)23)22(28)26-21-19(12-7-13-24-21)29-14-16-8-3-2-4-9-16/h2-13H,14H2,1H3,(H,24,26,28). The summed E-state index contributed by atoms with van der Waals surface area (Å²) in [6, 6.07) is 21.4. The van der Waals surface area contributed by atoms with Gasteiger partial charge in [-0.05, 0) is 36.8 Å². The number of hydrogen-bond acceptors (Lipinski definition) is 5.